The molecule has 1 aliphatic rings. The van der Waals surface area contributed by atoms with Crippen molar-refractivity contribution in [1.82, 2.24) is 9.29 Å². The molecule has 3 aromatic rings. The Bertz CT molecular complexity index is 1170. The fraction of sp³-hybridized carbons (Fsp3) is 0.130. The van der Waals surface area contributed by atoms with Crippen LogP contribution in [0.3, 0.4) is 0 Å². The number of carbonyl (C=O) groups is 1. The van der Waals surface area contributed by atoms with E-state index in [1.807, 2.05) is 12.1 Å². The van der Waals surface area contributed by atoms with Gasteiger partial charge in [0.15, 0.2) is 5.78 Å². The van der Waals surface area contributed by atoms with E-state index in [0.29, 0.717) is 16.8 Å². The number of phenols is 1. The van der Waals surface area contributed by atoms with Crippen LogP contribution in [-0.4, -0.2) is 35.1 Å². The van der Waals surface area contributed by atoms with Gasteiger partial charge in [-0.05, 0) is 54.5 Å². The van der Waals surface area contributed by atoms with E-state index in [1.54, 1.807) is 48.7 Å². The molecule has 0 aliphatic carbocycles. The summed E-state index contributed by atoms with van der Waals surface area (Å²) in [5.41, 5.74) is 1.80. The highest BCUT2D eigenvalue weighted by atomic mass is 32.2. The third-order valence-corrected chi connectivity index (χ3v) is 6.90. The van der Waals surface area contributed by atoms with E-state index in [9.17, 15) is 18.3 Å². The van der Waals surface area contributed by atoms with Crippen LogP contribution in [0.5, 0.6) is 5.75 Å². The first-order chi connectivity index (χ1) is 14.5. The van der Waals surface area contributed by atoms with Gasteiger partial charge in [-0.2, -0.15) is 4.31 Å². The first kappa shape index (κ1) is 20.0. The summed E-state index contributed by atoms with van der Waals surface area (Å²) in [6.07, 6.45) is 3.66. The molecule has 4 rings (SSSR count). The first-order valence-electron chi connectivity index (χ1n) is 9.48. The van der Waals surface area contributed by atoms with Gasteiger partial charge in [0, 0.05) is 18.3 Å². The fourth-order valence-corrected chi connectivity index (χ4v) is 5.12. The van der Waals surface area contributed by atoms with Crippen LogP contribution in [0, 0.1) is 0 Å². The Morgan fingerprint density at radius 3 is 2.33 bits per heavy atom. The lowest BCUT2D eigenvalue weighted by Crippen LogP contribution is -2.44. The number of piperidine rings is 1. The van der Waals surface area contributed by atoms with Gasteiger partial charge in [-0.1, -0.05) is 36.4 Å². The highest BCUT2D eigenvalue weighted by Crippen LogP contribution is 2.36. The molecule has 1 aliphatic heterocycles. The summed E-state index contributed by atoms with van der Waals surface area (Å²) < 4.78 is 27.9. The summed E-state index contributed by atoms with van der Waals surface area (Å²) in [7, 11) is -3.95. The number of rotatable bonds is 4. The van der Waals surface area contributed by atoms with Crippen LogP contribution in [0.15, 0.2) is 89.5 Å². The van der Waals surface area contributed by atoms with Gasteiger partial charge in [0.2, 0.25) is 10.0 Å². The minimum atomic E-state index is -3.95. The van der Waals surface area contributed by atoms with E-state index < -0.39 is 16.1 Å². The molecule has 0 spiro atoms. The van der Waals surface area contributed by atoms with Crippen LogP contribution in [-0.2, 0) is 14.8 Å². The van der Waals surface area contributed by atoms with Crippen LogP contribution < -0.4 is 0 Å². The van der Waals surface area contributed by atoms with Crippen molar-refractivity contribution in [3.8, 4) is 5.75 Å². The maximum atomic E-state index is 13.4. The summed E-state index contributed by atoms with van der Waals surface area (Å²) in [5, 5.41) is 9.50. The van der Waals surface area contributed by atoms with E-state index >= 15 is 0 Å². The van der Waals surface area contributed by atoms with Gasteiger partial charge in [-0.25, -0.2) is 8.42 Å². The van der Waals surface area contributed by atoms with Crippen molar-refractivity contribution in [3.05, 3.63) is 95.8 Å². The third-order valence-electron chi connectivity index (χ3n) is 5.02. The zero-order valence-electron chi connectivity index (χ0n) is 16.0. The number of carbonyl (C=O) groups excluding carboxylic acids is 1. The molecule has 1 saturated heterocycles. The average molecular weight is 420 g/mol. The molecular weight excluding hydrogens is 400 g/mol. The minimum Gasteiger partial charge on any atom is -0.508 e. The van der Waals surface area contributed by atoms with E-state index in [1.165, 1.54) is 28.6 Å². The van der Waals surface area contributed by atoms with E-state index in [2.05, 4.69) is 4.98 Å². The summed E-state index contributed by atoms with van der Waals surface area (Å²) in [4.78, 5) is 17.7. The van der Waals surface area contributed by atoms with Crippen molar-refractivity contribution in [2.45, 2.75) is 17.4 Å². The number of sulfonamides is 1. The molecule has 0 amide bonds. The zero-order valence-corrected chi connectivity index (χ0v) is 16.9. The molecule has 0 bridgehead atoms. The average Bonchev–Trinajstić information content (AvgIpc) is 2.76. The van der Waals surface area contributed by atoms with E-state index in [-0.39, 0.29) is 29.4 Å². The van der Waals surface area contributed by atoms with Gasteiger partial charge in [0.05, 0.1) is 10.6 Å². The normalized spacial score (nSPS) is 19.1. The molecule has 0 radical (unpaired) electrons. The molecule has 1 N–H and O–H groups in total. The molecule has 1 atom stereocenters. The molecule has 1 unspecified atom stereocenters. The number of phenolic OH excluding ortho intramolecular Hbond substituents is 1. The summed E-state index contributed by atoms with van der Waals surface area (Å²) in [5.74, 6) is -0.288. The van der Waals surface area contributed by atoms with Gasteiger partial charge in [-0.3, -0.25) is 9.78 Å². The number of hydrogen-bond acceptors (Lipinski definition) is 5. The van der Waals surface area contributed by atoms with Crippen LogP contribution in [0.1, 0.15) is 23.7 Å². The van der Waals surface area contributed by atoms with Crippen molar-refractivity contribution in [1.29, 1.82) is 0 Å². The molecular formula is C23H20N2O4S. The standard InChI is InChI=1S/C23H20N2O4S/c26-20-9-11-21(12-10-20)30(28,29)25-15-13-18(16-19-8-4-5-14-24-19)23(27)22(25)17-6-2-1-3-7-17/h1-12,14,16,22,26H,13,15H2. The van der Waals surface area contributed by atoms with Crippen molar-refractivity contribution >= 4 is 21.9 Å². The Morgan fingerprint density at radius 1 is 0.967 bits per heavy atom. The van der Waals surface area contributed by atoms with Crippen LogP contribution in [0.25, 0.3) is 6.08 Å². The van der Waals surface area contributed by atoms with E-state index in [4.69, 9.17) is 0 Å². The Labute approximate surface area is 175 Å². The second-order valence-electron chi connectivity index (χ2n) is 6.96. The lowest BCUT2D eigenvalue weighted by molar-refractivity contribution is -0.120. The predicted octanol–water partition coefficient (Wildman–Crippen LogP) is 3.58. The number of benzene rings is 2. The summed E-state index contributed by atoms with van der Waals surface area (Å²) in [6, 6.07) is 18.7. The number of nitrogens with zero attached hydrogens (tertiary/aromatic N) is 2. The summed E-state index contributed by atoms with van der Waals surface area (Å²) >= 11 is 0. The highest BCUT2D eigenvalue weighted by molar-refractivity contribution is 7.89. The molecule has 7 heteroatoms. The SMILES string of the molecule is O=C1C(=Cc2ccccn2)CCN(S(=O)(=O)c2ccc(O)cc2)C1c1ccccc1. The molecule has 1 fully saturated rings. The first-order valence-corrected chi connectivity index (χ1v) is 10.9. The Balaban J connectivity index is 1.77. The predicted molar refractivity (Wildman–Crippen MR) is 113 cm³/mol. The number of ketones is 1. The van der Waals surface area contributed by atoms with Crippen molar-refractivity contribution < 1.29 is 18.3 Å². The van der Waals surface area contributed by atoms with Crippen LogP contribution in [0.2, 0.25) is 0 Å². The number of pyridine rings is 1. The third kappa shape index (κ3) is 3.90. The highest BCUT2D eigenvalue weighted by Gasteiger charge is 2.41. The molecule has 6 nitrogen and oxygen atoms in total. The minimum absolute atomic E-state index is 0.0242. The molecule has 2 heterocycles. The molecule has 30 heavy (non-hydrogen) atoms. The number of Topliss-reactive ketones (excluding diaryl/α,β-unsaturated/α-hetero) is 1. The van der Waals surface area contributed by atoms with Crippen molar-refractivity contribution in [3.63, 3.8) is 0 Å². The summed E-state index contributed by atoms with van der Waals surface area (Å²) in [6.45, 7) is 0.160. The second-order valence-corrected chi connectivity index (χ2v) is 8.85. The molecule has 152 valence electrons. The van der Waals surface area contributed by atoms with Gasteiger partial charge >= 0.3 is 0 Å². The largest absolute Gasteiger partial charge is 0.508 e. The Hall–Kier alpha value is -3.29. The maximum Gasteiger partial charge on any atom is 0.244 e. The second kappa shape index (κ2) is 8.22. The molecule has 2 aromatic carbocycles. The zero-order chi connectivity index (χ0) is 21.1. The van der Waals surface area contributed by atoms with Gasteiger partial charge in [-0.15, -0.1) is 0 Å². The van der Waals surface area contributed by atoms with Gasteiger partial charge in [0.25, 0.3) is 0 Å². The molecule has 0 saturated carbocycles. The van der Waals surface area contributed by atoms with E-state index in [0.717, 1.165) is 0 Å². The number of aromatic hydroxyl groups is 1. The fourth-order valence-electron chi connectivity index (χ4n) is 3.54. The monoisotopic (exact) mass is 420 g/mol. The van der Waals surface area contributed by atoms with Crippen LogP contribution in [0.4, 0.5) is 0 Å². The van der Waals surface area contributed by atoms with Gasteiger partial charge < -0.3 is 5.11 Å². The Morgan fingerprint density at radius 2 is 1.67 bits per heavy atom. The van der Waals surface area contributed by atoms with Crippen molar-refractivity contribution in [2.75, 3.05) is 6.54 Å². The maximum absolute atomic E-state index is 13.4. The number of hydrogen-bond donors (Lipinski definition) is 1. The van der Waals surface area contributed by atoms with Crippen molar-refractivity contribution in [2.24, 2.45) is 0 Å². The topological polar surface area (TPSA) is 87.6 Å². The number of aromatic nitrogens is 1. The molecule has 1 aromatic heterocycles. The quantitative estimate of drug-likeness (QED) is 0.652. The lowest BCUT2D eigenvalue weighted by atomic mass is 9.91. The Kier molecular flexibility index (Phi) is 5.48. The lowest BCUT2D eigenvalue weighted by Gasteiger charge is -2.35. The van der Waals surface area contributed by atoms with Gasteiger partial charge in [0.1, 0.15) is 11.8 Å². The smallest absolute Gasteiger partial charge is 0.244 e. The van der Waals surface area contributed by atoms with Crippen LogP contribution >= 0.6 is 0 Å².